The first-order chi connectivity index (χ1) is 17.1. The summed E-state index contributed by atoms with van der Waals surface area (Å²) in [6, 6.07) is 22.6. The molecule has 0 spiro atoms. The number of anilines is 1. The SMILES string of the molecule is O=C(c1ccc(NSc2cccc3cccnc23)cc1)N1CCN(Cc2cccc(O)c2O)CC1. The standard InChI is InChI=1S/C27H26N4O3S/c32-23-7-1-5-21(26(23)33)18-30-14-16-31(17-15-30)27(34)20-9-11-22(12-10-20)29-35-24-8-2-4-19-6-3-13-28-25(19)24/h1-13,29,32-33H,14-18H2. The lowest BCUT2D eigenvalue weighted by atomic mass is 10.1. The van der Waals surface area contributed by atoms with Crippen molar-refractivity contribution < 1.29 is 15.0 Å². The van der Waals surface area contributed by atoms with Crippen LogP contribution in [-0.4, -0.2) is 57.1 Å². The first-order valence-corrected chi connectivity index (χ1v) is 12.3. The lowest BCUT2D eigenvalue weighted by molar-refractivity contribution is 0.0627. The number of piperazine rings is 1. The third-order valence-electron chi connectivity index (χ3n) is 6.16. The van der Waals surface area contributed by atoms with E-state index in [4.69, 9.17) is 0 Å². The Labute approximate surface area is 208 Å². The molecule has 2 heterocycles. The van der Waals surface area contributed by atoms with Crippen LogP contribution in [0.2, 0.25) is 0 Å². The van der Waals surface area contributed by atoms with Gasteiger partial charge < -0.3 is 19.8 Å². The molecular weight excluding hydrogens is 460 g/mol. The Balaban J connectivity index is 1.15. The maximum Gasteiger partial charge on any atom is 0.253 e. The number of fused-ring (bicyclic) bond motifs is 1. The number of aromatic hydroxyl groups is 2. The van der Waals surface area contributed by atoms with Gasteiger partial charge in [0, 0.05) is 61.1 Å². The molecule has 0 radical (unpaired) electrons. The number of nitrogens with zero attached hydrogens (tertiary/aromatic N) is 3. The summed E-state index contributed by atoms with van der Waals surface area (Å²) < 4.78 is 3.34. The number of nitrogens with one attached hydrogen (secondary N) is 1. The maximum atomic E-state index is 13.0. The molecule has 3 N–H and O–H groups in total. The summed E-state index contributed by atoms with van der Waals surface area (Å²) in [4.78, 5) is 22.6. The molecule has 0 atom stereocenters. The van der Waals surface area contributed by atoms with Gasteiger partial charge in [-0.15, -0.1) is 0 Å². The highest BCUT2D eigenvalue weighted by atomic mass is 32.2. The lowest BCUT2D eigenvalue weighted by Crippen LogP contribution is -2.48. The molecule has 1 fully saturated rings. The van der Waals surface area contributed by atoms with E-state index in [1.54, 1.807) is 18.3 Å². The van der Waals surface area contributed by atoms with Gasteiger partial charge in [0.05, 0.1) is 10.4 Å². The van der Waals surface area contributed by atoms with Crippen molar-refractivity contribution >= 4 is 34.4 Å². The smallest absolute Gasteiger partial charge is 0.253 e. The number of amides is 1. The van der Waals surface area contributed by atoms with Crippen LogP contribution in [0.5, 0.6) is 11.5 Å². The summed E-state index contributed by atoms with van der Waals surface area (Å²) in [5.41, 5.74) is 3.21. The van der Waals surface area contributed by atoms with Gasteiger partial charge in [-0.3, -0.25) is 14.7 Å². The average Bonchev–Trinajstić information content (AvgIpc) is 2.90. The predicted molar refractivity (Wildman–Crippen MR) is 139 cm³/mol. The molecule has 1 aliphatic rings. The number of carbonyl (C=O) groups is 1. The van der Waals surface area contributed by atoms with E-state index in [0.29, 0.717) is 43.9 Å². The van der Waals surface area contributed by atoms with Crippen molar-refractivity contribution in [2.45, 2.75) is 11.4 Å². The number of aromatic nitrogens is 1. The number of carbonyl (C=O) groups excluding carboxylic acids is 1. The summed E-state index contributed by atoms with van der Waals surface area (Å²) in [6.07, 6.45) is 1.79. The molecule has 3 aromatic carbocycles. The number of para-hydroxylation sites is 2. The minimum atomic E-state index is -0.110. The molecule has 7 nitrogen and oxygen atoms in total. The third-order valence-corrected chi connectivity index (χ3v) is 7.05. The van der Waals surface area contributed by atoms with E-state index < -0.39 is 0 Å². The molecule has 35 heavy (non-hydrogen) atoms. The predicted octanol–water partition coefficient (Wildman–Crippen LogP) is 4.72. The van der Waals surface area contributed by atoms with Crippen LogP contribution in [0.1, 0.15) is 15.9 Å². The van der Waals surface area contributed by atoms with Crippen molar-refractivity contribution in [1.29, 1.82) is 0 Å². The van der Waals surface area contributed by atoms with E-state index in [-0.39, 0.29) is 17.4 Å². The Morgan fingerprint density at radius 3 is 2.46 bits per heavy atom. The van der Waals surface area contributed by atoms with Crippen molar-refractivity contribution in [1.82, 2.24) is 14.8 Å². The van der Waals surface area contributed by atoms with Gasteiger partial charge in [-0.2, -0.15) is 0 Å². The number of benzene rings is 3. The zero-order valence-corrected chi connectivity index (χ0v) is 19.9. The first-order valence-electron chi connectivity index (χ1n) is 11.5. The fraction of sp³-hybridized carbons (Fsp3) is 0.185. The first kappa shape index (κ1) is 23.0. The number of hydrogen-bond acceptors (Lipinski definition) is 7. The van der Waals surface area contributed by atoms with Crippen molar-refractivity contribution in [2.24, 2.45) is 0 Å². The van der Waals surface area contributed by atoms with Crippen LogP contribution in [0.15, 0.2) is 83.9 Å². The second-order valence-corrected chi connectivity index (χ2v) is 9.31. The molecule has 1 saturated heterocycles. The van der Waals surface area contributed by atoms with E-state index in [1.807, 2.05) is 59.5 Å². The van der Waals surface area contributed by atoms with E-state index in [1.165, 1.54) is 18.0 Å². The van der Waals surface area contributed by atoms with Crippen molar-refractivity contribution in [2.75, 3.05) is 30.9 Å². The van der Waals surface area contributed by atoms with Crippen LogP contribution in [0.4, 0.5) is 5.69 Å². The molecule has 0 unspecified atom stereocenters. The van der Waals surface area contributed by atoms with Gasteiger partial charge in [-0.25, -0.2) is 0 Å². The zero-order chi connectivity index (χ0) is 24.2. The third kappa shape index (κ3) is 5.18. The van der Waals surface area contributed by atoms with Crippen LogP contribution in [-0.2, 0) is 6.54 Å². The minimum absolute atomic E-state index is 0.0160. The summed E-state index contributed by atoms with van der Waals surface area (Å²) in [5, 5.41) is 20.8. The Bertz CT molecular complexity index is 1330. The molecular formula is C27H26N4O3S. The normalized spacial score (nSPS) is 14.2. The van der Waals surface area contributed by atoms with E-state index in [2.05, 4.69) is 14.6 Å². The van der Waals surface area contributed by atoms with Crippen LogP contribution >= 0.6 is 11.9 Å². The Kier molecular flexibility index (Phi) is 6.74. The van der Waals surface area contributed by atoms with Gasteiger partial charge in [0.25, 0.3) is 5.91 Å². The number of rotatable bonds is 6. The van der Waals surface area contributed by atoms with Gasteiger partial charge >= 0.3 is 0 Å². The highest BCUT2D eigenvalue weighted by Gasteiger charge is 2.23. The van der Waals surface area contributed by atoms with Crippen molar-refractivity contribution in [3.8, 4) is 11.5 Å². The Morgan fingerprint density at radius 1 is 0.914 bits per heavy atom. The fourth-order valence-corrected chi connectivity index (χ4v) is 4.97. The second kappa shape index (κ2) is 10.2. The Morgan fingerprint density at radius 2 is 1.66 bits per heavy atom. The van der Waals surface area contributed by atoms with Gasteiger partial charge in [0.15, 0.2) is 11.5 Å². The van der Waals surface area contributed by atoms with Gasteiger partial charge in [0.2, 0.25) is 0 Å². The maximum absolute atomic E-state index is 13.0. The van der Waals surface area contributed by atoms with E-state index in [9.17, 15) is 15.0 Å². The summed E-state index contributed by atoms with van der Waals surface area (Å²) in [5.74, 6) is -0.168. The molecule has 0 aliphatic carbocycles. The second-order valence-electron chi connectivity index (χ2n) is 8.47. The molecule has 8 heteroatoms. The van der Waals surface area contributed by atoms with Crippen LogP contribution in [0, 0.1) is 0 Å². The lowest BCUT2D eigenvalue weighted by Gasteiger charge is -2.35. The molecule has 0 saturated carbocycles. The number of phenols is 2. The highest BCUT2D eigenvalue weighted by molar-refractivity contribution is 8.00. The van der Waals surface area contributed by atoms with Crippen LogP contribution < -0.4 is 4.72 Å². The summed E-state index contributed by atoms with van der Waals surface area (Å²) in [6.45, 7) is 3.17. The molecule has 0 bridgehead atoms. The van der Waals surface area contributed by atoms with Gasteiger partial charge in [0.1, 0.15) is 0 Å². The molecule has 4 aromatic rings. The molecule has 5 rings (SSSR count). The monoisotopic (exact) mass is 486 g/mol. The summed E-state index contributed by atoms with van der Waals surface area (Å²) >= 11 is 1.50. The van der Waals surface area contributed by atoms with E-state index in [0.717, 1.165) is 21.5 Å². The molecule has 1 aliphatic heterocycles. The molecule has 1 amide bonds. The molecule has 1 aromatic heterocycles. The number of pyridine rings is 1. The molecule has 178 valence electrons. The number of phenolic OH excluding ortho intramolecular Hbond substituents is 2. The zero-order valence-electron chi connectivity index (χ0n) is 19.1. The largest absolute Gasteiger partial charge is 0.504 e. The Hall–Kier alpha value is -3.75. The average molecular weight is 487 g/mol. The van der Waals surface area contributed by atoms with Crippen LogP contribution in [0.3, 0.4) is 0 Å². The van der Waals surface area contributed by atoms with E-state index >= 15 is 0 Å². The van der Waals surface area contributed by atoms with Gasteiger partial charge in [-0.1, -0.05) is 30.3 Å². The van der Waals surface area contributed by atoms with Crippen molar-refractivity contribution in [3.05, 3.63) is 90.1 Å². The highest BCUT2D eigenvalue weighted by Crippen LogP contribution is 2.30. The summed E-state index contributed by atoms with van der Waals surface area (Å²) in [7, 11) is 0. The fourth-order valence-electron chi connectivity index (χ4n) is 4.19. The van der Waals surface area contributed by atoms with Crippen molar-refractivity contribution in [3.63, 3.8) is 0 Å². The quantitative estimate of drug-likeness (QED) is 0.268. The number of hydrogen-bond donors (Lipinski definition) is 3. The minimum Gasteiger partial charge on any atom is -0.504 e. The van der Waals surface area contributed by atoms with Gasteiger partial charge in [-0.05, 0) is 54.4 Å². The topological polar surface area (TPSA) is 88.9 Å². The van der Waals surface area contributed by atoms with Crippen LogP contribution in [0.25, 0.3) is 10.9 Å².